The standard InChI is InChI=1S/C34H44BrN3O7/c1-6-20(4)24(18-39)38-30-32(42)37(19(2)3)16-12-8-11-15-25(40)36-21(5)28(22-13-9-7-10-14-22)44-33(43)26-27(31(38)41)34(30)17-23(35)29(26)45-34/h7-10,12-14,17,19-21,24,26-30,39H,6,11,15-16,18H2,1-5H3,(H,36,40)/b12-8-/t20-,21+,24-,26-,27+,28-,29-,30-,34+/m0/s1. The van der Waals surface area contributed by atoms with Crippen LogP contribution in [0.3, 0.4) is 0 Å². The maximum atomic E-state index is 14.7. The monoisotopic (exact) mass is 685 g/mol. The average Bonchev–Trinajstić information content (AvgIpc) is 3.60. The minimum absolute atomic E-state index is 0.128. The van der Waals surface area contributed by atoms with Gasteiger partial charge in [0.2, 0.25) is 17.7 Å². The summed E-state index contributed by atoms with van der Waals surface area (Å²) in [5, 5.41) is 13.6. The van der Waals surface area contributed by atoms with E-state index in [1.54, 1.807) is 17.9 Å². The van der Waals surface area contributed by atoms with Crippen molar-refractivity contribution in [3.63, 3.8) is 0 Å². The number of ether oxygens (including phenoxy) is 2. The number of nitrogens with zero attached hydrogens (tertiary/aromatic N) is 2. The van der Waals surface area contributed by atoms with E-state index in [0.717, 1.165) is 0 Å². The Kier molecular flexibility index (Phi) is 9.91. The van der Waals surface area contributed by atoms with Gasteiger partial charge in [-0.25, -0.2) is 0 Å². The van der Waals surface area contributed by atoms with Crippen LogP contribution in [-0.2, 0) is 28.7 Å². The van der Waals surface area contributed by atoms with Crippen LogP contribution in [0, 0.1) is 17.8 Å². The van der Waals surface area contributed by atoms with Gasteiger partial charge in [0.25, 0.3) is 0 Å². The lowest BCUT2D eigenvalue weighted by Gasteiger charge is -2.41. The fraction of sp³-hybridized carbons (Fsp3) is 0.588. The fourth-order valence-corrected chi connectivity index (χ4v) is 8.05. The molecule has 4 heterocycles. The molecule has 5 bridgehead atoms. The van der Waals surface area contributed by atoms with Crippen molar-refractivity contribution in [2.45, 2.75) is 95.9 Å². The van der Waals surface area contributed by atoms with E-state index in [2.05, 4.69) is 21.2 Å². The van der Waals surface area contributed by atoms with E-state index < -0.39 is 59.6 Å². The summed E-state index contributed by atoms with van der Waals surface area (Å²) >= 11 is 3.59. The van der Waals surface area contributed by atoms with Crippen molar-refractivity contribution >= 4 is 39.6 Å². The van der Waals surface area contributed by atoms with Gasteiger partial charge in [0.1, 0.15) is 29.8 Å². The number of fused-ring (bicyclic) bond motifs is 2. The first kappa shape index (κ1) is 33.3. The first-order valence-electron chi connectivity index (χ1n) is 16.0. The van der Waals surface area contributed by atoms with Crippen LogP contribution in [0.15, 0.2) is 53.0 Å². The molecule has 4 aliphatic rings. The lowest BCUT2D eigenvalue weighted by atomic mass is 9.74. The third-order valence-electron chi connectivity index (χ3n) is 9.84. The van der Waals surface area contributed by atoms with Crippen LogP contribution in [-0.4, -0.2) is 87.6 Å². The second kappa shape index (κ2) is 13.4. The van der Waals surface area contributed by atoms with Crippen LogP contribution < -0.4 is 5.32 Å². The molecule has 45 heavy (non-hydrogen) atoms. The number of allylic oxidation sites excluding steroid dienone is 1. The van der Waals surface area contributed by atoms with Crippen molar-refractivity contribution in [2.75, 3.05) is 13.2 Å². The summed E-state index contributed by atoms with van der Waals surface area (Å²) in [5.41, 5.74) is -0.739. The van der Waals surface area contributed by atoms with Crippen LogP contribution in [0.5, 0.6) is 0 Å². The van der Waals surface area contributed by atoms with Gasteiger partial charge in [0, 0.05) is 23.5 Å². The van der Waals surface area contributed by atoms with Crippen LogP contribution >= 0.6 is 15.9 Å². The largest absolute Gasteiger partial charge is 0.455 e. The number of rotatable bonds is 6. The Labute approximate surface area is 273 Å². The molecule has 0 unspecified atom stereocenters. The number of benzene rings is 1. The number of esters is 1. The first-order valence-corrected chi connectivity index (χ1v) is 16.7. The Balaban J connectivity index is 1.65. The van der Waals surface area contributed by atoms with Gasteiger partial charge in [-0.2, -0.15) is 0 Å². The molecule has 4 aliphatic heterocycles. The van der Waals surface area contributed by atoms with Crippen molar-refractivity contribution in [2.24, 2.45) is 17.8 Å². The van der Waals surface area contributed by atoms with Crippen molar-refractivity contribution in [3.05, 3.63) is 58.6 Å². The van der Waals surface area contributed by atoms with E-state index in [-0.39, 0.29) is 43.3 Å². The van der Waals surface area contributed by atoms with Crippen LogP contribution in [0.4, 0.5) is 0 Å². The number of cyclic esters (lactones) is 1. The van der Waals surface area contributed by atoms with Gasteiger partial charge < -0.3 is 29.7 Å². The van der Waals surface area contributed by atoms with Gasteiger partial charge in [-0.3, -0.25) is 19.2 Å². The zero-order chi connectivity index (χ0) is 32.6. The summed E-state index contributed by atoms with van der Waals surface area (Å²) in [6.07, 6.45) is 5.20. The maximum absolute atomic E-state index is 14.7. The Morgan fingerprint density at radius 1 is 1.07 bits per heavy atom. The highest BCUT2D eigenvalue weighted by molar-refractivity contribution is 9.11. The molecule has 0 aliphatic carbocycles. The second-order valence-corrected chi connectivity index (χ2v) is 13.8. The summed E-state index contributed by atoms with van der Waals surface area (Å²) in [7, 11) is 0. The fourth-order valence-electron chi connectivity index (χ4n) is 7.32. The molecule has 1 aromatic carbocycles. The molecule has 11 heteroatoms. The Morgan fingerprint density at radius 2 is 1.78 bits per heavy atom. The lowest BCUT2D eigenvalue weighted by molar-refractivity contribution is -0.162. The highest BCUT2D eigenvalue weighted by Gasteiger charge is 2.75. The second-order valence-electron chi connectivity index (χ2n) is 12.9. The molecule has 244 valence electrons. The van der Waals surface area contributed by atoms with Crippen LogP contribution in [0.25, 0.3) is 0 Å². The van der Waals surface area contributed by atoms with Crippen molar-refractivity contribution in [3.8, 4) is 0 Å². The number of carbonyl (C=O) groups is 4. The molecule has 5 rings (SSSR count). The molecular formula is C34H44BrN3O7. The zero-order valence-corrected chi connectivity index (χ0v) is 28.1. The van der Waals surface area contributed by atoms with Crippen LogP contribution in [0.2, 0.25) is 0 Å². The van der Waals surface area contributed by atoms with Crippen LogP contribution in [0.1, 0.15) is 65.5 Å². The van der Waals surface area contributed by atoms with E-state index >= 15 is 0 Å². The van der Waals surface area contributed by atoms with Gasteiger partial charge in [0.15, 0.2) is 0 Å². The molecule has 1 aromatic rings. The van der Waals surface area contributed by atoms with E-state index in [1.165, 1.54) is 4.90 Å². The third-order valence-corrected chi connectivity index (χ3v) is 10.5. The third kappa shape index (κ3) is 5.87. The molecule has 1 spiro atoms. The summed E-state index contributed by atoms with van der Waals surface area (Å²) in [6, 6.07) is 6.62. The van der Waals surface area contributed by atoms with Gasteiger partial charge in [0.05, 0.1) is 24.6 Å². The number of carbonyl (C=O) groups excluding carboxylic acids is 4. The summed E-state index contributed by atoms with van der Waals surface area (Å²) in [5.74, 6) is -3.79. The highest BCUT2D eigenvalue weighted by atomic mass is 79.9. The number of aliphatic hydroxyl groups excluding tert-OH is 1. The van der Waals surface area contributed by atoms with E-state index in [9.17, 15) is 24.3 Å². The lowest BCUT2D eigenvalue weighted by Crippen LogP contribution is -2.60. The SMILES string of the molecule is CC[C@H](C)[C@H](CO)N1C(=O)[C@H]2[C@@H]3C(=O)O[C@H](c4ccccc4)[C@@H](C)NC(=O)CC/C=C\CN(C(C)C)C(=O)[C@H]1[C@@]21C=C(Br)[C@@H]3O1. The van der Waals surface area contributed by atoms with Gasteiger partial charge in [-0.1, -0.05) is 78.7 Å². The Bertz CT molecular complexity index is 1370. The normalized spacial score (nSPS) is 34.4. The molecule has 2 N–H and O–H groups in total. The maximum Gasteiger partial charge on any atom is 0.313 e. The van der Waals surface area contributed by atoms with Crippen molar-refractivity contribution in [1.82, 2.24) is 15.1 Å². The molecule has 2 saturated heterocycles. The molecule has 10 nitrogen and oxygen atoms in total. The molecule has 3 amide bonds. The van der Waals surface area contributed by atoms with Crippen molar-refractivity contribution < 1.29 is 33.8 Å². The number of nitrogens with one attached hydrogen (secondary N) is 1. The summed E-state index contributed by atoms with van der Waals surface area (Å²) in [6.45, 7) is 9.43. The Hall–Kier alpha value is -3.02. The number of likely N-dealkylation sites (tertiary alicyclic amines) is 1. The quantitative estimate of drug-likeness (QED) is 0.346. The van der Waals surface area contributed by atoms with Gasteiger partial charge >= 0.3 is 5.97 Å². The molecule has 2 fully saturated rings. The molecular weight excluding hydrogens is 642 g/mol. The van der Waals surface area contributed by atoms with E-state index in [4.69, 9.17) is 9.47 Å². The van der Waals surface area contributed by atoms with E-state index in [0.29, 0.717) is 22.9 Å². The van der Waals surface area contributed by atoms with Crippen molar-refractivity contribution in [1.29, 1.82) is 0 Å². The van der Waals surface area contributed by atoms with Gasteiger partial charge in [-0.15, -0.1) is 0 Å². The predicted molar refractivity (Wildman–Crippen MR) is 171 cm³/mol. The number of amides is 3. The molecule has 0 aromatic heterocycles. The minimum Gasteiger partial charge on any atom is -0.455 e. The molecule has 9 atom stereocenters. The number of hydrogen-bond acceptors (Lipinski definition) is 7. The first-order chi connectivity index (χ1) is 21.5. The number of hydrogen-bond donors (Lipinski definition) is 2. The summed E-state index contributed by atoms with van der Waals surface area (Å²) in [4.78, 5) is 59.7. The topological polar surface area (TPSA) is 125 Å². The number of halogens is 1. The minimum atomic E-state index is -1.44. The molecule has 0 radical (unpaired) electrons. The number of aliphatic hydroxyl groups is 1. The highest BCUT2D eigenvalue weighted by Crippen LogP contribution is 2.59. The summed E-state index contributed by atoms with van der Waals surface area (Å²) < 4.78 is 13.4. The van der Waals surface area contributed by atoms with Gasteiger partial charge in [-0.05, 0) is 44.7 Å². The predicted octanol–water partition coefficient (Wildman–Crippen LogP) is 3.64. The molecule has 0 saturated carbocycles. The zero-order valence-electron chi connectivity index (χ0n) is 26.5. The van der Waals surface area contributed by atoms with E-state index in [1.807, 2.05) is 70.2 Å². The smallest absolute Gasteiger partial charge is 0.313 e. The Morgan fingerprint density at radius 3 is 2.42 bits per heavy atom. The average molecular weight is 687 g/mol.